The molecule has 0 saturated heterocycles. The van der Waals surface area contributed by atoms with E-state index in [4.69, 9.17) is 11.6 Å². The standard InChI is InChI=1S/C19H18ClN3O2S/c1-12-7-8-18-14(9-12)15(17-10-21-13(2)22-17)11-23(18)26(24,25)19-6-4-3-5-16(19)20/h3-9,11,17H,10H2,1-2H3,(H,21,22)/t17-/m0/s1. The fourth-order valence-electron chi connectivity index (χ4n) is 3.32. The lowest BCUT2D eigenvalue weighted by atomic mass is 10.0. The van der Waals surface area contributed by atoms with Crippen LogP contribution in [0.3, 0.4) is 0 Å². The second kappa shape index (κ2) is 6.14. The van der Waals surface area contributed by atoms with Crippen molar-refractivity contribution < 1.29 is 8.42 Å². The molecule has 3 aromatic rings. The molecule has 1 aliphatic heterocycles. The van der Waals surface area contributed by atoms with E-state index < -0.39 is 10.0 Å². The molecule has 0 unspecified atom stereocenters. The lowest BCUT2D eigenvalue weighted by Crippen LogP contribution is -2.20. The van der Waals surface area contributed by atoms with Gasteiger partial charge >= 0.3 is 0 Å². The van der Waals surface area contributed by atoms with Gasteiger partial charge in [-0.05, 0) is 38.1 Å². The Morgan fingerprint density at radius 3 is 2.65 bits per heavy atom. The lowest BCUT2D eigenvalue weighted by Gasteiger charge is -2.10. The number of nitrogens with one attached hydrogen (secondary N) is 1. The van der Waals surface area contributed by atoms with Crippen LogP contribution in [0.5, 0.6) is 0 Å². The molecule has 7 heteroatoms. The molecular formula is C19H18ClN3O2S. The Morgan fingerprint density at radius 1 is 1.19 bits per heavy atom. The minimum Gasteiger partial charge on any atom is -0.365 e. The molecule has 1 N–H and O–H groups in total. The maximum atomic E-state index is 13.3. The van der Waals surface area contributed by atoms with Crippen molar-refractivity contribution in [1.29, 1.82) is 0 Å². The van der Waals surface area contributed by atoms with Crippen LogP contribution >= 0.6 is 11.6 Å². The summed E-state index contributed by atoms with van der Waals surface area (Å²) in [7, 11) is -3.81. The first kappa shape index (κ1) is 17.1. The van der Waals surface area contributed by atoms with Crippen LogP contribution in [0, 0.1) is 6.92 Å². The maximum Gasteiger partial charge on any atom is 0.269 e. The van der Waals surface area contributed by atoms with Gasteiger partial charge in [-0.15, -0.1) is 0 Å². The molecule has 26 heavy (non-hydrogen) atoms. The van der Waals surface area contributed by atoms with Gasteiger partial charge in [-0.25, -0.2) is 12.4 Å². The summed E-state index contributed by atoms with van der Waals surface area (Å²) in [5.74, 6) is 0.859. The van der Waals surface area contributed by atoms with Crippen LogP contribution in [-0.2, 0) is 10.0 Å². The molecule has 1 aromatic heterocycles. The number of fused-ring (bicyclic) bond motifs is 1. The Hall–Kier alpha value is -2.31. The van der Waals surface area contributed by atoms with Crippen LogP contribution < -0.4 is 5.32 Å². The predicted octanol–water partition coefficient (Wildman–Crippen LogP) is 3.90. The fourth-order valence-corrected chi connectivity index (χ4v) is 5.20. The van der Waals surface area contributed by atoms with Crippen LogP contribution in [0.15, 0.2) is 58.5 Å². The van der Waals surface area contributed by atoms with Crippen molar-refractivity contribution in [3.05, 3.63) is 64.8 Å². The minimum atomic E-state index is -3.81. The van der Waals surface area contributed by atoms with Gasteiger partial charge in [-0.1, -0.05) is 35.4 Å². The van der Waals surface area contributed by atoms with Gasteiger partial charge < -0.3 is 5.32 Å². The molecule has 5 nitrogen and oxygen atoms in total. The first-order valence-corrected chi connectivity index (χ1v) is 10.1. The van der Waals surface area contributed by atoms with Crippen LogP contribution in [0.4, 0.5) is 0 Å². The molecule has 1 aliphatic rings. The number of nitrogens with zero attached hydrogens (tertiary/aromatic N) is 2. The number of aryl methyl sites for hydroxylation is 1. The van der Waals surface area contributed by atoms with Crippen LogP contribution in [-0.4, -0.2) is 24.8 Å². The third-order valence-corrected chi connectivity index (χ3v) is 6.77. The molecule has 0 amide bonds. The normalized spacial score (nSPS) is 17.3. The van der Waals surface area contributed by atoms with E-state index in [0.29, 0.717) is 12.1 Å². The van der Waals surface area contributed by atoms with E-state index in [2.05, 4.69) is 10.3 Å². The molecule has 1 atom stereocenters. The van der Waals surface area contributed by atoms with Crippen molar-refractivity contribution in [3.8, 4) is 0 Å². The Labute approximate surface area is 157 Å². The van der Waals surface area contributed by atoms with E-state index in [9.17, 15) is 8.42 Å². The number of aliphatic imine (C=N–C) groups is 1. The zero-order valence-electron chi connectivity index (χ0n) is 14.4. The summed E-state index contributed by atoms with van der Waals surface area (Å²) in [5, 5.41) is 4.43. The number of amidine groups is 1. The number of hydrogen-bond acceptors (Lipinski definition) is 4. The molecule has 4 rings (SSSR count). The molecular weight excluding hydrogens is 370 g/mol. The van der Waals surface area contributed by atoms with Gasteiger partial charge in [0.05, 0.1) is 29.0 Å². The minimum absolute atomic E-state index is 0.0398. The Kier molecular flexibility index (Phi) is 4.04. The van der Waals surface area contributed by atoms with Crippen LogP contribution in [0.2, 0.25) is 5.02 Å². The number of aromatic nitrogens is 1. The van der Waals surface area contributed by atoms with E-state index in [0.717, 1.165) is 22.3 Å². The monoisotopic (exact) mass is 387 g/mol. The highest BCUT2D eigenvalue weighted by molar-refractivity contribution is 7.90. The smallest absolute Gasteiger partial charge is 0.269 e. The molecule has 0 saturated carbocycles. The van der Waals surface area contributed by atoms with Gasteiger partial charge in [0.2, 0.25) is 0 Å². The average molecular weight is 388 g/mol. The van der Waals surface area contributed by atoms with Crippen molar-refractivity contribution in [2.24, 2.45) is 4.99 Å². The van der Waals surface area contributed by atoms with Crippen molar-refractivity contribution in [3.63, 3.8) is 0 Å². The molecule has 0 spiro atoms. The Morgan fingerprint density at radius 2 is 1.96 bits per heavy atom. The summed E-state index contributed by atoms with van der Waals surface area (Å²) < 4.78 is 27.9. The lowest BCUT2D eigenvalue weighted by molar-refractivity contribution is 0.588. The number of benzene rings is 2. The van der Waals surface area contributed by atoms with Gasteiger partial charge in [-0.2, -0.15) is 0 Å². The summed E-state index contributed by atoms with van der Waals surface area (Å²) in [6, 6.07) is 12.2. The summed E-state index contributed by atoms with van der Waals surface area (Å²) in [4.78, 5) is 4.49. The third kappa shape index (κ3) is 2.70. The Bertz CT molecular complexity index is 1150. The van der Waals surface area contributed by atoms with Gasteiger partial charge in [0.15, 0.2) is 0 Å². The molecule has 2 aromatic carbocycles. The van der Waals surface area contributed by atoms with E-state index in [1.165, 1.54) is 10.0 Å². The summed E-state index contributed by atoms with van der Waals surface area (Å²) in [6.07, 6.45) is 1.69. The van der Waals surface area contributed by atoms with Crippen molar-refractivity contribution >= 4 is 38.4 Å². The second-order valence-electron chi connectivity index (χ2n) is 6.46. The van der Waals surface area contributed by atoms with Crippen LogP contribution in [0.1, 0.15) is 24.1 Å². The largest absolute Gasteiger partial charge is 0.365 e. The number of hydrogen-bond donors (Lipinski definition) is 1. The predicted molar refractivity (Wildman–Crippen MR) is 105 cm³/mol. The average Bonchev–Trinajstić information content (AvgIpc) is 3.18. The zero-order valence-corrected chi connectivity index (χ0v) is 16.0. The fraction of sp³-hybridized carbons (Fsp3) is 0.211. The highest BCUT2D eigenvalue weighted by atomic mass is 35.5. The SMILES string of the molecule is CC1=NC[C@@H](c2cn(S(=O)(=O)c3ccccc3Cl)c3ccc(C)cc23)N1. The quantitative estimate of drug-likeness (QED) is 0.741. The molecule has 0 fully saturated rings. The van der Waals surface area contributed by atoms with Crippen molar-refractivity contribution in [2.75, 3.05) is 6.54 Å². The molecule has 134 valence electrons. The molecule has 0 aliphatic carbocycles. The summed E-state index contributed by atoms with van der Waals surface area (Å²) in [5.41, 5.74) is 2.62. The van der Waals surface area contributed by atoms with Crippen molar-refractivity contribution in [1.82, 2.24) is 9.29 Å². The number of halogens is 1. The third-order valence-electron chi connectivity index (χ3n) is 4.60. The maximum absolute atomic E-state index is 13.3. The topological polar surface area (TPSA) is 63.5 Å². The highest BCUT2D eigenvalue weighted by Crippen LogP contribution is 2.33. The van der Waals surface area contributed by atoms with Gasteiger partial charge in [0, 0.05) is 17.1 Å². The summed E-state index contributed by atoms with van der Waals surface area (Å²) >= 11 is 6.16. The first-order chi connectivity index (χ1) is 12.4. The zero-order chi connectivity index (χ0) is 18.5. The molecule has 0 radical (unpaired) electrons. The van der Waals surface area contributed by atoms with E-state index >= 15 is 0 Å². The summed E-state index contributed by atoms with van der Waals surface area (Å²) in [6.45, 7) is 4.49. The van der Waals surface area contributed by atoms with Crippen molar-refractivity contribution in [2.45, 2.75) is 24.8 Å². The van der Waals surface area contributed by atoms with Gasteiger partial charge in [0.1, 0.15) is 4.90 Å². The number of rotatable bonds is 3. The highest BCUT2D eigenvalue weighted by Gasteiger charge is 2.27. The van der Waals surface area contributed by atoms with E-state index in [1.807, 2.05) is 32.0 Å². The van der Waals surface area contributed by atoms with E-state index in [-0.39, 0.29) is 16.0 Å². The first-order valence-electron chi connectivity index (χ1n) is 8.27. The van der Waals surface area contributed by atoms with Crippen LogP contribution in [0.25, 0.3) is 10.9 Å². The van der Waals surface area contributed by atoms with E-state index in [1.54, 1.807) is 24.4 Å². The van der Waals surface area contributed by atoms with Gasteiger partial charge in [-0.3, -0.25) is 4.99 Å². The van der Waals surface area contributed by atoms with Gasteiger partial charge in [0.25, 0.3) is 10.0 Å². The molecule has 0 bridgehead atoms. The molecule has 2 heterocycles. The second-order valence-corrected chi connectivity index (χ2v) is 8.65. The Balaban J connectivity index is 1.95.